The highest BCUT2D eigenvalue weighted by Gasteiger charge is 1.96. The van der Waals surface area contributed by atoms with Crippen LogP contribution in [0.25, 0.3) is 0 Å². The molecule has 0 radical (unpaired) electrons. The van der Waals surface area contributed by atoms with Crippen LogP contribution in [0.4, 0.5) is 0 Å². The minimum atomic E-state index is 0.510. The van der Waals surface area contributed by atoms with Crippen molar-refractivity contribution < 1.29 is 14.2 Å². The van der Waals surface area contributed by atoms with Gasteiger partial charge in [0.05, 0.1) is 6.61 Å². The molecule has 0 fully saturated rings. The van der Waals surface area contributed by atoms with Gasteiger partial charge in [0.1, 0.15) is 11.2 Å². The number of hydrogen-bond acceptors (Lipinski definition) is 4. The maximum atomic E-state index is 5.40. The van der Waals surface area contributed by atoms with E-state index in [-0.39, 0.29) is 0 Å². The van der Waals surface area contributed by atoms with Crippen molar-refractivity contribution in [3.05, 3.63) is 22.8 Å². The van der Waals surface area contributed by atoms with E-state index in [1.165, 1.54) is 0 Å². The molecule has 0 aliphatic rings. The molecule has 0 saturated carbocycles. The van der Waals surface area contributed by atoms with Crippen molar-refractivity contribution in [2.24, 2.45) is 0 Å². The first kappa shape index (κ1) is 13.4. The zero-order chi connectivity index (χ0) is 11.6. The van der Waals surface area contributed by atoms with Gasteiger partial charge < -0.3 is 14.2 Å². The van der Waals surface area contributed by atoms with Crippen molar-refractivity contribution in [2.45, 2.75) is 6.42 Å². The average Bonchev–Trinajstić information content (AvgIpc) is 2.28. The second-order valence-electron chi connectivity index (χ2n) is 3.11. The minimum Gasteiger partial charge on any atom is -0.475 e. The number of rotatable bonds is 8. The predicted molar refractivity (Wildman–Crippen MR) is 64.7 cm³/mol. The molecule has 0 aliphatic heterocycles. The molecule has 1 heterocycles. The first-order chi connectivity index (χ1) is 7.83. The van der Waals surface area contributed by atoms with E-state index in [1.54, 1.807) is 7.11 Å². The topological polar surface area (TPSA) is 40.6 Å². The standard InChI is InChI=1S/C11H16BrNO3/c1-14-6-3-7-15-8-9-16-11-5-2-4-10(12)13-11/h2,4-5H,3,6-9H2,1H3. The minimum absolute atomic E-state index is 0.510. The number of ether oxygens (including phenoxy) is 3. The summed E-state index contributed by atoms with van der Waals surface area (Å²) in [5.41, 5.74) is 0. The van der Waals surface area contributed by atoms with Crippen molar-refractivity contribution in [2.75, 3.05) is 33.5 Å². The molecule has 16 heavy (non-hydrogen) atoms. The van der Waals surface area contributed by atoms with Gasteiger partial charge in [-0.3, -0.25) is 0 Å². The molecule has 1 aromatic rings. The van der Waals surface area contributed by atoms with E-state index in [0.29, 0.717) is 25.7 Å². The van der Waals surface area contributed by atoms with Gasteiger partial charge in [-0.1, -0.05) is 6.07 Å². The number of aromatic nitrogens is 1. The normalized spacial score (nSPS) is 10.4. The maximum absolute atomic E-state index is 5.40. The van der Waals surface area contributed by atoms with Crippen LogP contribution < -0.4 is 4.74 Å². The van der Waals surface area contributed by atoms with Crippen LogP contribution in [-0.2, 0) is 9.47 Å². The Kier molecular flexibility index (Phi) is 7.12. The Morgan fingerprint density at radius 1 is 1.19 bits per heavy atom. The van der Waals surface area contributed by atoms with Crippen molar-refractivity contribution >= 4 is 15.9 Å². The molecule has 0 amide bonds. The van der Waals surface area contributed by atoms with Crippen LogP contribution in [-0.4, -0.2) is 38.5 Å². The van der Waals surface area contributed by atoms with E-state index in [4.69, 9.17) is 14.2 Å². The van der Waals surface area contributed by atoms with Crippen LogP contribution in [0.3, 0.4) is 0 Å². The van der Waals surface area contributed by atoms with Gasteiger partial charge in [0.15, 0.2) is 0 Å². The third-order valence-corrected chi connectivity index (χ3v) is 2.25. The summed E-state index contributed by atoms with van der Waals surface area (Å²) in [6.07, 6.45) is 0.908. The lowest BCUT2D eigenvalue weighted by molar-refractivity contribution is 0.0795. The van der Waals surface area contributed by atoms with Gasteiger partial charge in [0.2, 0.25) is 5.88 Å². The monoisotopic (exact) mass is 289 g/mol. The lowest BCUT2D eigenvalue weighted by Gasteiger charge is -2.06. The highest BCUT2D eigenvalue weighted by molar-refractivity contribution is 9.10. The Hall–Kier alpha value is -0.650. The molecule has 0 N–H and O–H groups in total. The lowest BCUT2D eigenvalue weighted by atomic mass is 10.5. The Morgan fingerprint density at radius 2 is 2.06 bits per heavy atom. The van der Waals surface area contributed by atoms with Crippen LogP contribution >= 0.6 is 15.9 Å². The van der Waals surface area contributed by atoms with Crippen LogP contribution in [0.5, 0.6) is 5.88 Å². The van der Waals surface area contributed by atoms with Gasteiger partial charge in [-0.05, 0) is 28.4 Å². The molecule has 0 aliphatic carbocycles. The molecular formula is C11H16BrNO3. The van der Waals surface area contributed by atoms with Crippen LogP contribution in [0.15, 0.2) is 22.8 Å². The summed E-state index contributed by atoms with van der Waals surface area (Å²) >= 11 is 3.28. The Morgan fingerprint density at radius 3 is 2.81 bits per heavy atom. The summed E-state index contributed by atoms with van der Waals surface area (Å²) in [5, 5.41) is 0. The molecule has 0 atom stereocenters. The largest absolute Gasteiger partial charge is 0.475 e. The first-order valence-corrected chi connectivity index (χ1v) is 5.94. The molecule has 0 spiro atoms. The molecule has 0 bridgehead atoms. The van der Waals surface area contributed by atoms with Crippen LogP contribution in [0.2, 0.25) is 0 Å². The Bertz CT molecular complexity index is 296. The first-order valence-electron chi connectivity index (χ1n) is 5.15. The highest BCUT2D eigenvalue weighted by Crippen LogP contribution is 2.11. The molecule has 0 aromatic carbocycles. The van der Waals surface area contributed by atoms with Gasteiger partial charge in [0, 0.05) is 26.4 Å². The number of pyridine rings is 1. The highest BCUT2D eigenvalue weighted by atomic mass is 79.9. The molecule has 5 heteroatoms. The number of methoxy groups -OCH3 is 1. The summed E-state index contributed by atoms with van der Waals surface area (Å²) in [6.45, 7) is 2.51. The molecule has 0 saturated heterocycles. The van der Waals surface area contributed by atoms with Crippen molar-refractivity contribution in [3.63, 3.8) is 0 Å². The molecule has 1 rings (SSSR count). The third-order valence-electron chi connectivity index (χ3n) is 1.80. The number of nitrogens with zero attached hydrogens (tertiary/aromatic N) is 1. The lowest BCUT2D eigenvalue weighted by Crippen LogP contribution is -2.09. The van der Waals surface area contributed by atoms with Crippen molar-refractivity contribution in [1.29, 1.82) is 0 Å². The van der Waals surface area contributed by atoms with E-state index in [9.17, 15) is 0 Å². The predicted octanol–water partition coefficient (Wildman–Crippen LogP) is 2.28. The second kappa shape index (κ2) is 8.50. The average molecular weight is 290 g/mol. The fourth-order valence-corrected chi connectivity index (χ4v) is 1.41. The van der Waals surface area contributed by atoms with Gasteiger partial charge >= 0.3 is 0 Å². The summed E-state index contributed by atoms with van der Waals surface area (Å²) in [5.74, 6) is 0.606. The van der Waals surface area contributed by atoms with E-state index in [2.05, 4.69) is 20.9 Å². The SMILES string of the molecule is COCCCOCCOc1cccc(Br)n1. The van der Waals surface area contributed by atoms with E-state index in [0.717, 1.165) is 17.6 Å². The van der Waals surface area contributed by atoms with E-state index < -0.39 is 0 Å². The van der Waals surface area contributed by atoms with Gasteiger partial charge in [0.25, 0.3) is 0 Å². The Balaban J connectivity index is 2.03. The Labute approximate surface area is 104 Å². The molecular weight excluding hydrogens is 274 g/mol. The molecule has 0 unspecified atom stereocenters. The zero-order valence-corrected chi connectivity index (χ0v) is 10.9. The van der Waals surface area contributed by atoms with E-state index >= 15 is 0 Å². The van der Waals surface area contributed by atoms with Crippen LogP contribution in [0.1, 0.15) is 6.42 Å². The summed E-state index contributed by atoms with van der Waals surface area (Å²) in [4.78, 5) is 4.14. The quantitative estimate of drug-likeness (QED) is 0.544. The summed E-state index contributed by atoms with van der Waals surface area (Å²) < 4.78 is 16.4. The molecule has 4 nitrogen and oxygen atoms in total. The molecule has 90 valence electrons. The maximum Gasteiger partial charge on any atom is 0.214 e. The van der Waals surface area contributed by atoms with Gasteiger partial charge in [-0.2, -0.15) is 0 Å². The van der Waals surface area contributed by atoms with Gasteiger partial charge in [-0.15, -0.1) is 0 Å². The smallest absolute Gasteiger partial charge is 0.214 e. The van der Waals surface area contributed by atoms with Crippen LogP contribution in [0, 0.1) is 0 Å². The number of hydrogen-bond donors (Lipinski definition) is 0. The van der Waals surface area contributed by atoms with E-state index in [1.807, 2.05) is 18.2 Å². The van der Waals surface area contributed by atoms with Crippen molar-refractivity contribution in [3.8, 4) is 5.88 Å². The number of halogens is 1. The fourth-order valence-electron chi connectivity index (χ4n) is 1.08. The zero-order valence-electron chi connectivity index (χ0n) is 9.32. The van der Waals surface area contributed by atoms with Gasteiger partial charge in [-0.25, -0.2) is 4.98 Å². The van der Waals surface area contributed by atoms with Crippen molar-refractivity contribution in [1.82, 2.24) is 4.98 Å². The third kappa shape index (κ3) is 6.05. The fraction of sp³-hybridized carbons (Fsp3) is 0.545. The molecule has 1 aromatic heterocycles. The summed E-state index contributed by atoms with van der Waals surface area (Å²) in [7, 11) is 1.68. The summed E-state index contributed by atoms with van der Waals surface area (Å²) in [6, 6.07) is 5.55. The second-order valence-corrected chi connectivity index (χ2v) is 3.92.